The van der Waals surface area contributed by atoms with Crippen molar-refractivity contribution in [2.24, 2.45) is 0 Å². The molecule has 0 spiro atoms. The summed E-state index contributed by atoms with van der Waals surface area (Å²) >= 11 is 0. The zero-order valence-corrected chi connectivity index (χ0v) is 12.4. The Labute approximate surface area is 133 Å². The van der Waals surface area contributed by atoms with Crippen LogP contribution in [0.5, 0.6) is 11.5 Å². The van der Waals surface area contributed by atoms with E-state index in [1.54, 1.807) is 29.2 Å². The van der Waals surface area contributed by atoms with Gasteiger partial charge >= 0.3 is 0 Å². The molecule has 23 heavy (non-hydrogen) atoms. The van der Waals surface area contributed by atoms with Gasteiger partial charge in [0, 0.05) is 19.0 Å². The van der Waals surface area contributed by atoms with E-state index in [4.69, 9.17) is 4.74 Å². The van der Waals surface area contributed by atoms with Gasteiger partial charge in [0.05, 0.1) is 5.69 Å². The molecular weight excluding hydrogens is 297 g/mol. The highest BCUT2D eigenvalue weighted by atomic mass is 19.1. The van der Waals surface area contributed by atoms with Crippen LogP contribution in [0.15, 0.2) is 55.1 Å². The second-order valence-electron chi connectivity index (χ2n) is 5.33. The van der Waals surface area contributed by atoms with Crippen molar-refractivity contribution in [3.05, 3.63) is 66.5 Å². The molecule has 118 valence electrons. The number of aromatic hydroxyl groups is 1. The predicted octanol–water partition coefficient (Wildman–Crippen LogP) is 3.05. The average molecular weight is 313 g/mol. The first kappa shape index (κ1) is 15.1. The number of hydrogen-bond acceptors (Lipinski definition) is 3. The monoisotopic (exact) mass is 313 g/mol. The number of phenols is 1. The van der Waals surface area contributed by atoms with E-state index in [1.165, 1.54) is 24.3 Å². The molecule has 1 heterocycles. The van der Waals surface area contributed by atoms with Gasteiger partial charge in [0.2, 0.25) is 0 Å². The molecule has 0 saturated carbocycles. The zero-order valence-electron chi connectivity index (χ0n) is 12.4. The molecule has 5 heteroatoms. The van der Waals surface area contributed by atoms with E-state index < -0.39 is 6.10 Å². The van der Waals surface area contributed by atoms with E-state index in [-0.39, 0.29) is 23.9 Å². The molecule has 0 saturated heterocycles. The van der Waals surface area contributed by atoms with Gasteiger partial charge in [-0.3, -0.25) is 4.79 Å². The molecule has 4 nitrogen and oxygen atoms in total. The highest BCUT2D eigenvalue weighted by molar-refractivity contribution is 6.00. The fourth-order valence-electron chi connectivity index (χ4n) is 2.64. The molecule has 1 atom stereocenters. The van der Waals surface area contributed by atoms with Gasteiger partial charge < -0.3 is 14.7 Å². The number of phenolic OH excluding ortho intramolecular Hbond substituents is 1. The largest absolute Gasteiger partial charge is 0.508 e. The molecule has 0 fully saturated rings. The molecule has 0 radical (unpaired) electrons. The van der Waals surface area contributed by atoms with Crippen LogP contribution in [0.3, 0.4) is 0 Å². The van der Waals surface area contributed by atoms with Gasteiger partial charge in [-0.1, -0.05) is 18.2 Å². The highest BCUT2D eigenvalue weighted by Crippen LogP contribution is 2.37. The zero-order chi connectivity index (χ0) is 16.4. The lowest BCUT2D eigenvalue weighted by molar-refractivity contribution is -0.126. The van der Waals surface area contributed by atoms with Crippen LogP contribution in [-0.4, -0.2) is 23.7 Å². The van der Waals surface area contributed by atoms with Crippen molar-refractivity contribution in [2.75, 3.05) is 11.4 Å². The summed E-state index contributed by atoms with van der Waals surface area (Å²) in [5, 5.41) is 9.63. The van der Waals surface area contributed by atoms with Gasteiger partial charge in [-0.25, -0.2) is 4.39 Å². The molecule has 1 aliphatic rings. The summed E-state index contributed by atoms with van der Waals surface area (Å²) in [4.78, 5) is 14.2. The van der Waals surface area contributed by atoms with Crippen molar-refractivity contribution in [3.8, 4) is 11.5 Å². The van der Waals surface area contributed by atoms with E-state index in [1.807, 2.05) is 0 Å². The molecule has 2 aromatic rings. The lowest BCUT2D eigenvalue weighted by Crippen LogP contribution is -2.47. The van der Waals surface area contributed by atoms with Gasteiger partial charge in [0.15, 0.2) is 6.10 Å². The predicted molar refractivity (Wildman–Crippen MR) is 85.2 cm³/mol. The number of hydrogen-bond donors (Lipinski definition) is 1. The van der Waals surface area contributed by atoms with Crippen molar-refractivity contribution < 1.29 is 19.0 Å². The lowest BCUT2D eigenvalue weighted by atomic mass is 10.0. The maximum Gasteiger partial charge on any atom is 0.268 e. The Morgan fingerprint density at radius 3 is 2.87 bits per heavy atom. The minimum Gasteiger partial charge on any atom is -0.508 e. The van der Waals surface area contributed by atoms with E-state index in [9.17, 15) is 14.3 Å². The lowest BCUT2D eigenvalue weighted by Gasteiger charge is -2.34. The SMILES string of the molecule is C=CCN1C(=O)C(Cc2cccc(F)c2)Oc2cc(O)ccc21. The molecule has 1 N–H and O–H groups in total. The van der Waals surface area contributed by atoms with Crippen LogP contribution in [0.25, 0.3) is 0 Å². The fraction of sp³-hybridized carbons (Fsp3) is 0.167. The molecular formula is C18H16FNO3. The van der Waals surface area contributed by atoms with Crippen molar-refractivity contribution in [3.63, 3.8) is 0 Å². The number of ether oxygens (including phenoxy) is 1. The summed E-state index contributed by atoms with van der Waals surface area (Å²) in [6.07, 6.45) is 1.10. The normalized spacial score (nSPS) is 16.7. The highest BCUT2D eigenvalue weighted by Gasteiger charge is 2.34. The first-order valence-corrected chi connectivity index (χ1v) is 7.25. The number of nitrogens with zero attached hydrogens (tertiary/aromatic N) is 1. The number of fused-ring (bicyclic) bond motifs is 1. The van der Waals surface area contributed by atoms with Crippen molar-refractivity contribution >= 4 is 11.6 Å². The number of rotatable bonds is 4. The number of halogens is 1. The van der Waals surface area contributed by atoms with Gasteiger partial charge in [0.1, 0.15) is 17.3 Å². The first-order chi connectivity index (χ1) is 11.1. The molecule has 0 aliphatic carbocycles. The van der Waals surface area contributed by atoms with Crippen LogP contribution in [0.2, 0.25) is 0 Å². The molecule has 0 aromatic heterocycles. The molecule has 1 amide bonds. The second-order valence-corrected chi connectivity index (χ2v) is 5.33. The quantitative estimate of drug-likeness (QED) is 0.883. The fourth-order valence-corrected chi connectivity index (χ4v) is 2.64. The molecule has 1 unspecified atom stereocenters. The summed E-state index contributed by atoms with van der Waals surface area (Å²) in [6.45, 7) is 4.00. The summed E-state index contributed by atoms with van der Waals surface area (Å²) in [6, 6.07) is 10.7. The van der Waals surface area contributed by atoms with Crippen molar-refractivity contribution in [2.45, 2.75) is 12.5 Å². The number of benzene rings is 2. The third-order valence-electron chi connectivity index (χ3n) is 3.67. The van der Waals surface area contributed by atoms with Gasteiger partial charge in [-0.15, -0.1) is 6.58 Å². The minimum absolute atomic E-state index is 0.0566. The molecule has 2 aromatic carbocycles. The van der Waals surface area contributed by atoms with Crippen LogP contribution < -0.4 is 9.64 Å². The van der Waals surface area contributed by atoms with Crippen molar-refractivity contribution in [1.82, 2.24) is 0 Å². The molecule has 0 bridgehead atoms. The maximum atomic E-state index is 13.3. The maximum absolute atomic E-state index is 13.3. The summed E-state index contributed by atoms with van der Waals surface area (Å²) < 4.78 is 19.1. The third kappa shape index (κ3) is 3.04. The summed E-state index contributed by atoms with van der Waals surface area (Å²) in [7, 11) is 0. The van der Waals surface area contributed by atoms with Crippen molar-refractivity contribution in [1.29, 1.82) is 0 Å². The summed E-state index contributed by atoms with van der Waals surface area (Å²) in [5.74, 6) is -0.0897. The Bertz CT molecular complexity index is 760. The Kier molecular flexibility index (Phi) is 4.02. The van der Waals surface area contributed by atoms with Crippen LogP contribution >= 0.6 is 0 Å². The standard InChI is InChI=1S/C18H16FNO3/c1-2-8-20-15-7-6-14(21)11-16(15)23-17(18(20)22)10-12-4-3-5-13(19)9-12/h2-7,9,11,17,21H,1,8,10H2. The molecule has 1 aliphatic heterocycles. The summed E-state index contributed by atoms with van der Waals surface area (Å²) in [5.41, 5.74) is 1.26. The van der Waals surface area contributed by atoms with E-state index >= 15 is 0 Å². The molecule has 3 rings (SSSR count). The van der Waals surface area contributed by atoms with E-state index in [2.05, 4.69) is 6.58 Å². The second kappa shape index (κ2) is 6.12. The van der Waals surface area contributed by atoms with E-state index in [0.717, 1.165) is 0 Å². The van der Waals surface area contributed by atoms with E-state index in [0.29, 0.717) is 23.5 Å². The Morgan fingerprint density at radius 2 is 2.13 bits per heavy atom. The minimum atomic E-state index is -0.772. The number of carbonyl (C=O) groups is 1. The first-order valence-electron chi connectivity index (χ1n) is 7.25. The van der Waals surface area contributed by atoms with Crippen LogP contribution in [0.4, 0.5) is 10.1 Å². The smallest absolute Gasteiger partial charge is 0.268 e. The number of amides is 1. The van der Waals surface area contributed by atoms with Crippen LogP contribution in [0, 0.1) is 5.82 Å². The topological polar surface area (TPSA) is 49.8 Å². The Balaban J connectivity index is 1.93. The van der Waals surface area contributed by atoms with Gasteiger partial charge in [0.25, 0.3) is 5.91 Å². The third-order valence-corrected chi connectivity index (χ3v) is 3.67. The Morgan fingerprint density at radius 1 is 1.30 bits per heavy atom. The number of carbonyl (C=O) groups excluding carboxylic acids is 1. The van der Waals surface area contributed by atoms with Crippen LogP contribution in [0.1, 0.15) is 5.56 Å². The van der Waals surface area contributed by atoms with Gasteiger partial charge in [-0.05, 0) is 29.8 Å². The average Bonchev–Trinajstić information content (AvgIpc) is 2.51. The van der Waals surface area contributed by atoms with Crippen LogP contribution in [-0.2, 0) is 11.2 Å². The van der Waals surface area contributed by atoms with Gasteiger partial charge in [-0.2, -0.15) is 0 Å². The number of anilines is 1. The Hall–Kier alpha value is -2.82.